The van der Waals surface area contributed by atoms with E-state index in [-0.39, 0.29) is 18.2 Å². The minimum Gasteiger partial charge on any atom is -0.493 e. The van der Waals surface area contributed by atoms with Crippen molar-refractivity contribution in [2.24, 2.45) is 5.10 Å². The molecule has 3 aromatic rings. The molecule has 2 N–H and O–H groups in total. The minimum absolute atomic E-state index is 0.0919. The van der Waals surface area contributed by atoms with Crippen molar-refractivity contribution >= 4 is 39.7 Å². The molecule has 0 bridgehead atoms. The van der Waals surface area contributed by atoms with Crippen LogP contribution in [0.2, 0.25) is 0 Å². The second kappa shape index (κ2) is 11.1. The quantitative estimate of drug-likeness (QED) is 0.207. The standard InChI is InChI=1S/C24H22BrN3O4/c1-16-3-10-20(11-4-16)26-15-23(29)28-27-14-17-5-12-21(22(13-17)31-2)32-24(30)18-6-8-19(25)9-7-18/h3-14,26H,15H2,1-2H3,(H,28,29)/b27-14-. The Kier molecular flexibility index (Phi) is 7.99. The van der Waals surface area contributed by atoms with Gasteiger partial charge >= 0.3 is 5.97 Å². The van der Waals surface area contributed by atoms with Crippen LogP contribution in [0.3, 0.4) is 0 Å². The first-order chi connectivity index (χ1) is 15.4. The van der Waals surface area contributed by atoms with E-state index in [2.05, 4.69) is 31.8 Å². The number of methoxy groups -OCH3 is 1. The lowest BCUT2D eigenvalue weighted by Crippen LogP contribution is -2.25. The van der Waals surface area contributed by atoms with Crippen molar-refractivity contribution in [3.63, 3.8) is 0 Å². The maximum absolute atomic E-state index is 12.3. The van der Waals surface area contributed by atoms with E-state index in [1.807, 2.05) is 31.2 Å². The van der Waals surface area contributed by atoms with Gasteiger partial charge in [-0.1, -0.05) is 33.6 Å². The number of amides is 1. The van der Waals surface area contributed by atoms with Crippen molar-refractivity contribution in [3.05, 3.63) is 87.9 Å². The fourth-order valence-electron chi connectivity index (χ4n) is 2.67. The Morgan fingerprint density at radius 2 is 1.72 bits per heavy atom. The number of halogens is 1. The van der Waals surface area contributed by atoms with E-state index >= 15 is 0 Å². The highest BCUT2D eigenvalue weighted by Crippen LogP contribution is 2.28. The summed E-state index contributed by atoms with van der Waals surface area (Å²) in [6.07, 6.45) is 1.48. The lowest BCUT2D eigenvalue weighted by atomic mass is 10.2. The SMILES string of the molecule is COc1cc(/C=N\NC(=O)CNc2ccc(C)cc2)ccc1OC(=O)c1ccc(Br)cc1. The normalized spacial score (nSPS) is 10.6. The summed E-state index contributed by atoms with van der Waals surface area (Å²) >= 11 is 3.33. The van der Waals surface area contributed by atoms with Crippen LogP contribution in [0.4, 0.5) is 5.69 Å². The molecule has 3 aromatic carbocycles. The van der Waals surface area contributed by atoms with Crippen LogP contribution in [0.5, 0.6) is 11.5 Å². The summed E-state index contributed by atoms with van der Waals surface area (Å²) in [6.45, 7) is 2.09. The predicted octanol–water partition coefficient (Wildman–Crippen LogP) is 4.55. The monoisotopic (exact) mass is 495 g/mol. The molecule has 0 saturated heterocycles. The fourth-order valence-corrected chi connectivity index (χ4v) is 2.93. The smallest absolute Gasteiger partial charge is 0.343 e. The largest absolute Gasteiger partial charge is 0.493 e. The van der Waals surface area contributed by atoms with Crippen molar-refractivity contribution in [1.29, 1.82) is 0 Å². The molecule has 0 atom stereocenters. The van der Waals surface area contributed by atoms with Gasteiger partial charge < -0.3 is 14.8 Å². The molecule has 1 amide bonds. The minimum atomic E-state index is -0.495. The maximum Gasteiger partial charge on any atom is 0.343 e. The maximum atomic E-state index is 12.3. The Hall–Kier alpha value is -3.65. The van der Waals surface area contributed by atoms with Crippen LogP contribution in [-0.4, -0.2) is 31.7 Å². The predicted molar refractivity (Wildman–Crippen MR) is 127 cm³/mol. The number of nitrogens with one attached hydrogen (secondary N) is 2. The van der Waals surface area contributed by atoms with Gasteiger partial charge in [0.2, 0.25) is 0 Å². The van der Waals surface area contributed by atoms with Gasteiger partial charge in [-0.15, -0.1) is 0 Å². The second-order valence-electron chi connectivity index (χ2n) is 6.82. The molecule has 0 aliphatic carbocycles. The fraction of sp³-hybridized carbons (Fsp3) is 0.125. The van der Waals surface area contributed by atoms with E-state index in [0.29, 0.717) is 16.9 Å². The molecular weight excluding hydrogens is 474 g/mol. The molecule has 8 heteroatoms. The third kappa shape index (κ3) is 6.68. The summed E-state index contributed by atoms with van der Waals surface area (Å²) in [5, 5.41) is 6.98. The second-order valence-corrected chi connectivity index (χ2v) is 7.74. The van der Waals surface area contributed by atoms with E-state index < -0.39 is 5.97 Å². The Bertz CT molecular complexity index is 1110. The van der Waals surface area contributed by atoms with Gasteiger partial charge in [-0.3, -0.25) is 4.79 Å². The van der Waals surface area contributed by atoms with Gasteiger partial charge in [0, 0.05) is 10.2 Å². The number of ether oxygens (including phenoxy) is 2. The van der Waals surface area contributed by atoms with Gasteiger partial charge in [0.25, 0.3) is 5.91 Å². The summed E-state index contributed by atoms with van der Waals surface area (Å²) in [7, 11) is 1.48. The van der Waals surface area contributed by atoms with E-state index in [0.717, 1.165) is 15.7 Å². The molecule has 0 heterocycles. The molecule has 32 heavy (non-hydrogen) atoms. The average molecular weight is 496 g/mol. The molecule has 0 saturated carbocycles. The Labute approximate surface area is 194 Å². The molecule has 0 aliphatic rings. The summed E-state index contributed by atoms with van der Waals surface area (Å²) in [6, 6.07) is 19.6. The van der Waals surface area contributed by atoms with Gasteiger partial charge in [-0.25, -0.2) is 10.2 Å². The summed E-state index contributed by atoms with van der Waals surface area (Å²) in [5.41, 5.74) is 5.55. The van der Waals surface area contributed by atoms with Crippen LogP contribution in [0.15, 0.2) is 76.3 Å². The number of aryl methyl sites for hydroxylation is 1. The van der Waals surface area contributed by atoms with E-state index in [1.54, 1.807) is 42.5 Å². The lowest BCUT2D eigenvalue weighted by molar-refractivity contribution is -0.119. The number of nitrogens with zero attached hydrogens (tertiary/aromatic N) is 1. The lowest BCUT2D eigenvalue weighted by Gasteiger charge is -2.10. The van der Waals surface area contributed by atoms with Crippen LogP contribution in [0, 0.1) is 6.92 Å². The van der Waals surface area contributed by atoms with Crippen molar-refractivity contribution in [2.45, 2.75) is 6.92 Å². The molecule has 7 nitrogen and oxygen atoms in total. The third-order valence-electron chi connectivity index (χ3n) is 4.38. The molecular formula is C24H22BrN3O4. The van der Waals surface area contributed by atoms with E-state index in [9.17, 15) is 9.59 Å². The first kappa shape index (κ1) is 23.0. The number of hydrogen-bond donors (Lipinski definition) is 2. The molecule has 0 fully saturated rings. The Morgan fingerprint density at radius 1 is 1.00 bits per heavy atom. The Morgan fingerprint density at radius 3 is 2.41 bits per heavy atom. The van der Waals surface area contributed by atoms with Crippen LogP contribution in [0.1, 0.15) is 21.5 Å². The van der Waals surface area contributed by atoms with Gasteiger partial charge in [-0.2, -0.15) is 5.10 Å². The zero-order valence-electron chi connectivity index (χ0n) is 17.6. The highest BCUT2D eigenvalue weighted by Gasteiger charge is 2.13. The molecule has 3 rings (SSSR count). The Balaban J connectivity index is 1.55. The number of hydrogen-bond acceptors (Lipinski definition) is 6. The zero-order valence-corrected chi connectivity index (χ0v) is 19.2. The molecule has 0 radical (unpaired) electrons. The molecule has 0 aromatic heterocycles. The van der Waals surface area contributed by atoms with Crippen LogP contribution in [0.25, 0.3) is 0 Å². The summed E-state index contributed by atoms with van der Waals surface area (Å²) in [4.78, 5) is 24.3. The third-order valence-corrected chi connectivity index (χ3v) is 4.91. The van der Waals surface area contributed by atoms with Crippen LogP contribution >= 0.6 is 15.9 Å². The number of rotatable bonds is 8. The van der Waals surface area contributed by atoms with Gasteiger partial charge in [0.1, 0.15) is 0 Å². The number of anilines is 1. The average Bonchev–Trinajstić information content (AvgIpc) is 2.80. The van der Waals surface area contributed by atoms with Crippen molar-refractivity contribution in [3.8, 4) is 11.5 Å². The van der Waals surface area contributed by atoms with Crippen molar-refractivity contribution < 1.29 is 19.1 Å². The number of carbonyl (C=O) groups is 2. The van der Waals surface area contributed by atoms with Crippen LogP contribution in [-0.2, 0) is 4.79 Å². The summed E-state index contributed by atoms with van der Waals surface area (Å²) < 4.78 is 11.6. The number of esters is 1. The van der Waals surface area contributed by atoms with Gasteiger partial charge in [-0.05, 0) is 67.1 Å². The van der Waals surface area contributed by atoms with Crippen LogP contribution < -0.4 is 20.2 Å². The van der Waals surface area contributed by atoms with Gasteiger partial charge in [0.05, 0.1) is 25.4 Å². The number of carbonyl (C=O) groups excluding carboxylic acids is 2. The highest BCUT2D eigenvalue weighted by atomic mass is 79.9. The van der Waals surface area contributed by atoms with E-state index in [1.165, 1.54) is 13.3 Å². The molecule has 0 spiro atoms. The molecule has 164 valence electrons. The van der Waals surface area contributed by atoms with Crippen molar-refractivity contribution in [2.75, 3.05) is 19.0 Å². The molecule has 0 aliphatic heterocycles. The topological polar surface area (TPSA) is 89.0 Å². The van der Waals surface area contributed by atoms with E-state index in [4.69, 9.17) is 9.47 Å². The number of benzene rings is 3. The zero-order chi connectivity index (χ0) is 22.9. The first-order valence-corrected chi connectivity index (χ1v) is 10.5. The first-order valence-electron chi connectivity index (χ1n) is 9.73. The highest BCUT2D eigenvalue weighted by molar-refractivity contribution is 9.10. The van der Waals surface area contributed by atoms with Gasteiger partial charge in [0.15, 0.2) is 11.5 Å². The van der Waals surface area contributed by atoms with Crippen molar-refractivity contribution in [1.82, 2.24) is 5.43 Å². The number of hydrazone groups is 1. The molecule has 0 unspecified atom stereocenters. The summed E-state index contributed by atoms with van der Waals surface area (Å²) in [5.74, 6) is -0.130.